The predicted molar refractivity (Wildman–Crippen MR) is 204 cm³/mol. The molecule has 2 fully saturated rings. The van der Waals surface area contributed by atoms with Crippen molar-refractivity contribution in [3.8, 4) is 5.75 Å². The van der Waals surface area contributed by atoms with Crippen LogP contribution in [0.3, 0.4) is 0 Å². The Hall–Kier alpha value is -3.38. The van der Waals surface area contributed by atoms with Crippen LogP contribution in [0, 0.1) is 11.8 Å². The van der Waals surface area contributed by atoms with E-state index in [0.29, 0.717) is 6.42 Å². The fraction of sp³-hybridized carbons (Fsp3) is 0.667. The summed E-state index contributed by atoms with van der Waals surface area (Å²) in [4.78, 5) is 44.3. The minimum Gasteiger partial charge on any atom is -0.508 e. The lowest BCUT2D eigenvalue weighted by Gasteiger charge is -2.53. The van der Waals surface area contributed by atoms with Crippen LogP contribution in [0.15, 0.2) is 35.1 Å². The SMILES string of the molecule is CCCCCCCCCCCCOS(=O)(=O)O.CN(C)[C@@H]1C(=O)C(C(=O)NCN2CCCC2)=C(O)[C@@]2(O)C(=O)C3=C(O)c4c(O)cccc4[C@@](C)(O)[C@H]3C[C@@H]12. The van der Waals surface area contributed by atoms with E-state index < -0.39 is 74.0 Å². The molecule has 1 saturated carbocycles. The minimum atomic E-state index is -4.23. The Balaban J connectivity index is 0.000000335. The van der Waals surface area contributed by atoms with Gasteiger partial charge in [0.15, 0.2) is 11.4 Å². The van der Waals surface area contributed by atoms with Crippen LogP contribution in [0.1, 0.15) is 108 Å². The number of unbranched alkanes of at least 4 members (excludes halogenated alkanes) is 9. The third-order valence-corrected chi connectivity index (χ3v) is 11.9. The first-order valence-electron chi connectivity index (χ1n) is 19.4. The summed E-state index contributed by atoms with van der Waals surface area (Å²) >= 11 is 0. The number of phenols is 1. The largest absolute Gasteiger partial charge is 0.508 e. The van der Waals surface area contributed by atoms with Crippen LogP contribution >= 0.6 is 0 Å². The highest BCUT2D eigenvalue weighted by Crippen LogP contribution is 2.57. The van der Waals surface area contributed by atoms with Crippen molar-refractivity contribution in [3.63, 3.8) is 0 Å². The number of Topliss-reactive ketones (excluding diaryl/α,β-unsaturated/α-hetero) is 2. The van der Waals surface area contributed by atoms with Crippen LogP contribution in [0.4, 0.5) is 0 Å². The number of fused-ring (bicyclic) bond motifs is 3. The van der Waals surface area contributed by atoms with Crippen LogP contribution in [-0.4, -0.2) is 118 Å². The first-order chi connectivity index (χ1) is 25.9. The van der Waals surface area contributed by atoms with Gasteiger partial charge in [-0.25, -0.2) is 4.18 Å². The molecular weight excluding hydrogens is 735 g/mol. The maximum atomic E-state index is 14.0. The van der Waals surface area contributed by atoms with Gasteiger partial charge in [-0.05, 0) is 71.4 Å². The number of phenolic OH excluding ortho intramolecular Hbond substituents is 1. The van der Waals surface area contributed by atoms with E-state index in [1.165, 1.54) is 75.0 Å². The van der Waals surface area contributed by atoms with E-state index >= 15 is 0 Å². The molecule has 0 aromatic heterocycles. The molecule has 1 saturated heterocycles. The molecule has 3 aliphatic carbocycles. The van der Waals surface area contributed by atoms with Gasteiger partial charge in [-0.1, -0.05) is 76.8 Å². The van der Waals surface area contributed by atoms with E-state index in [9.17, 15) is 48.3 Å². The second-order valence-corrected chi connectivity index (χ2v) is 16.6. The topological polar surface area (TPSA) is 234 Å². The van der Waals surface area contributed by atoms with Gasteiger partial charge < -0.3 is 30.8 Å². The second kappa shape index (κ2) is 18.7. The average molecular weight is 794 g/mol. The zero-order valence-electron chi connectivity index (χ0n) is 32.4. The number of aliphatic hydroxyl groups is 4. The predicted octanol–water partition coefficient (Wildman–Crippen LogP) is 4.04. The van der Waals surface area contributed by atoms with Crippen molar-refractivity contribution in [2.75, 3.05) is 40.5 Å². The van der Waals surface area contributed by atoms with Crippen LogP contribution < -0.4 is 5.32 Å². The third-order valence-electron chi connectivity index (χ3n) is 11.4. The molecular formula is C39H59N3O12S. The summed E-state index contributed by atoms with van der Waals surface area (Å²) in [6.07, 6.45) is 13.6. The molecule has 0 unspecified atom stereocenters. The summed E-state index contributed by atoms with van der Waals surface area (Å²) in [5, 5.41) is 59.0. The van der Waals surface area contributed by atoms with Gasteiger partial charge in [-0.3, -0.25) is 28.7 Å². The van der Waals surface area contributed by atoms with Gasteiger partial charge in [0, 0.05) is 17.4 Å². The number of hydrogen-bond donors (Lipinski definition) is 7. The van der Waals surface area contributed by atoms with Crippen molar-refractivity contribution in [1.82, 2.24) is 15.1 Å². The molecule has 55 heavy (non-hydrogen) atoms. The summed E-state index contributed by atoms with van der Waals surface area (Å²) in [5.74, 6) is -7.17. The smallest absolute Gasteiger partial charge is 0.397 e. The highest BCUT2D eigenvalue weighted by Gasteiger charge is 2.66. The van der Waals surface area contributed by atoms with Crippen molar-refractivity contribution in [1.29, 1.82) is 0 Å². The van der Waals surface area contributed by atoms with Gasteiger partial charge in [-0.15, -0.1) is 0 Å². The first-order valence-corrected chi connectivity index (χ1v) is 20.8. The number of carbonyl (C=O) groups is 3. The lowest BCUT2D eigenvalue weighted by Crippen LogP contribution is -2.67. The molecule has 16 heteroatoms. The molecule has 5 rings (SSSR count). The van der Waals surface area contributed by atoms with Gasteiger partial charge >= 0.3 is 10.4 Å². The van der Waals surface area contributed by atoms with Crippen LogP contribution in [0.5, 0.6) is 5.75 Å². The van der Waals surface area contributed by atoms with E-state index in [1.54, 1.807) is 14.1 Å². The van der Waals surface area contributed by atoms with Gasteiger partial charge in [-0.2, -0.15) is 8.42 Å². The fourth-order valence-corrected chi connectivity index (χ4v) is 8.78. The van der Waals surface area contributed by atoms with Crippen molar-refractivity contribution >= 4 is 33.6 Å². The lowest BCUT2D eigenvalue weighted by atomic mass is 9.54. The Morgan fingerprint density at radius 3 is 2.11 bits per heavy atom. The summed E-state index contributed by atoms with van der Waals surface area (Å²) in [6, 6.07) is 3.12. The maximum Gasteiger partial charge on any atom is 0.397 e. The molecule has 5 atom stereocenters. The minimum absolute atomic E-state index is 0.0926. The number of aromatic hydroxyl groups is 1. The van der Waals surface area contributed by atoms with Gasteiger partial charge in [0.25, 0.3) is 5.91 Å². The first kappa shape index (κ1) is 44.3. The summed E-state index contributed by atoms with van der Waals surface area (Å²) in [6.45, 7) is 5.42. The summed E-state index contributed by atoms with van der Waals surface area (Å²) < 4.78 is 33.0. The van der Waals surface area contributed by atoms with Crippen LogP contribution in [-0.2, 0) is 34.6 Å². The number of rotatable bonds is 16. The second-order valence-electron chi connectivity index (χ2n) is 15.5. The number of carbonyl (C=O) groups excluding carboxylic acids is 3. The van der Waals surface area contributed by atoms with E-state index in [4.69, 9.17) is 4.55 Å². The summed E-state index contributed by atoms with van der Waals surface area (Å²) in [7, 11) is -1.11. The van der Waals surface area contributed by atoms with Crippen molar-refractivity contribution in [2.45, 2.75) is 115 Å². The molecule has 1 aromatic carbocycles. The van der Waals surface area contributed by atoms with Gasteiger partial charge in [0.05, 0.1) is 30.5 Å². The van der Waals surface area contributed by atoms with Crippen molar-refractivity contribution in [2.24, 2.45) is 11.8 Å². The molecule has 1 heterocycles. The zero-order chi connectivity index (χ0) is 40.7. The molecule has 1 amide bonds. The molecule has 15 nitrogen and oxygen atoms in total. The highest BCUT2D eigenvalue weighted by molar-refractivity contribution is 7.80. The summed E-state index contributed by atoms with van der Waals surface area (Å²) in [5.41, 5.74) is -5.54. The monoisotopic (exact) mass is 793 g/mol. The Morgan fingerprint density at radius 2 is 1.55 bits per heavy atom. The molecule has 4 aliphatic rings. The lowest BCUT2D eigenvalue weighted by molar-refractivity contribution is -0.159. The van der Waals surface area contributed by atoms with E-state index in [1.807, 2.05) is 4.90 Å². The number of likely N-dealkylation sites (N-methyl/N-ethyl adjacent to an activating group) is 1. The quantitative estimate of drug-likeness (QED) is 0.0712. The molecule has 7 N–H and O–H groups in total. The Labute approximate surface area is 324 Å². The van der Waals surface area contributed by atoms with E-state index in [0.717, 1.165) is 38.8 Å². The molecule has 308 valence electrons. The Morgan fingerprint density at radius 1 is 0.964 bits per heavy atom. The number of ketones is 2. The number of hydrogen-bond acceptors (Lipinski definition) is 13. The number of benzene rings is 1. The molecule has 0 spiro atoms. The Kier molecular flexibility index (Phi) is 15.1. The van der Waals surface area contributed by atoms with E-state index in [2.05, 4.69) is 16.4 Å². The molecule has 1 aliphatic heterocycles. The van der Waals surface area contributed by atoms with Gasteiger partial charge in [0.1, 0.15) is 22.8 Å². The fourth-order valence-electron chi connectivity index (χ4n) is 8.45. The van der Waals surface area contributed by atoms with E-state index in [-0.39, 0.29) is 42.1 Å². The van der Waals surface area contributed by atoms with Crippen LogP contribution in [0.2, 0.25) is 0 Å². The van der Waals surface area contributed by atoms with Crippen molar-refractivity contribution < 1.29 is 57.1 Å². The van der Waals surface area contributed by atoms with Crippen molar-refractivity contribution in [3.05, 3.63) is 46.2 Å². The zero-order valence-corrected chi connectivity index (χ0v) is 33.2. The highest BCUT2D eigenvalue weighted by atomic mass is 32.3. The standard InChI is InChI=1S/C27H33N3O8.C12H26O4S/c1-26(37)13-7-6-8-16(31)17(13)21(32)18-14(26)11-15-20(29(2)3)22(33)19(24(35)27(15,38)23(18)34)25(36)28-12-30-9-4-5-10-30;1-2-3-4-5-6-7-8-9-10-11-12-16-17(13,14)15/h6-8,14-15,20,31-32,35,37-38H,4-5,9-12H2,1-3H3,(H,28,36);2-12H2,1H3,(H,13,14,15)/t14-,15-,20-,26+,27-;/m0./s1. The number of nitrogens with zero attached hydrogens (tertiary/aromatic N) is 2. The van der Waals surface area contributed by atoms with Crippen LogP contribution in [0.25, 0.3) is 5.76 Å². The maximum absolute atomic E-state index is 14.0. The molecule has 0 radical (unpaired) electrons. The molecule has 1 aromatic rings. The number of aliphatic hydroxyl groups excluding tert-OH is 2. The Bertz CT molecular complexity index is 1730. The molecule has 0 bridgehead atoms. The number of likely N-dealkylation sites (tertiary alicyclic amines) is 1. The normalized spacial score (nSPS) is 26.7. The number of amides is 1. The van der Waals surface area contributed by atoms with Gasteiger partial charge in [0.2, 0.25) is 5.78 Å². The average Bonchev–Trinajstić information content (AvgIpc) is 3.64. The third kappa shape index (κ3) is 9.78. The number of nitrogens with one attached hydrogen (secondary N) is 1.